The first-order chi connectivity index (χ1) is 12.7. The number of aromatic nitrogens is 3. The topological polar surface area (TPSA) is 97.6 Å². The van der Waals surface area contributed by atoms with Crippen LogP contribution in [-0.2, 0) is 9.53 Å². The van der Waals surface area contributed by atoms with E-state index in [1.807, 2.05) is 0 Å². The van der Waals surface area contributed by atoms with Gasteiger partial charge in [-0.25, -0.2) is 19.2 Å². The Morgan fingerprint density at radius 1 is 1.26 bits per heavy atom. The molecule has 0 fully saturated rings. The van der Waals surface area contributed by atoms with Crippen molar-refractivity contribution >= 4 is 29.7 Å². The molecule has 2 heterocycles. The number of carbonyl (C=O) groups excluding carboxylic acids is 2. The lowest BCUT2D eigenvalue weighted by molar-refractivity contribution is -0.105. The van der Waals surface area contributed by atoms with Gasteiger partial charge in [-0.3, -0.25) is 14.5 Å². The minimum Gasteiger partial charge on any atom is -0.444 e. The lowest BCUT2D eigenvalue weighted by Crippen LogP contribution is -2.27. The summed E-state index contributed by atoms with van der Waals surface area (Å²) in [4.78, 5) is 30.9. The van der Waals surface area contributed by atoms with Gasteiger partial charge >= 0.3 is 6.09 Å². The maximum Gasteiger partial charge on any atom is 0.412 e. The Bertz CT molecular complexity index is 1010. The number of amides is 2. The largest absolute Gasteiger partial charge is 0.444 e. The van der Waals surface area contributed by atoms with E-state index in [-0.39, 0.29) is 5.56 Å². The molecular formula is C18H18FN5O3. The molecule has 2 aromatic heterocycles. The van der Waals surface area contributed by atoms with Crippen molar-refractivity contribution in [1.82, 2.24) is 14.4 Å². The predicted octanol–water partition coefficient (Wildman–Crippen LogP) is 3.45. The summed E-state index contributed by atoms with van der Waals surface area (Å²) in [5.74, 6) is -0.158. The van der Waals surface area contributed by atoms with E-state index in [2.05, 4.69) is 20.6 Å². The van der Waals surface area contributed by atoms with Gasteiger partial charge in [-0.15, -0.1) is 0 Å². The average Bonchev–Trinajstić information content (AvgIpc) is 2.98. The van der Waals surface area contributed by atoms with Gasteiger partial charge in [0.2, 0.25) is 12.2 Å². The van der Waals surface area contributed by atoms with Gasteiger partial charge in [0, 0.05) is 23.6 Å². The quantitative estimate of drug-likeness (QED) is 0.685. The van der Waals surface area contributed by atoms with Crippen molar-refractivity contribution in [3.05, 3.63) is 42.6 Å². The van der Waals surface area contributed by atoms with Crippen LogP contribution in [0.4, 0.5) is 20.6 Å². The van der Waals surface area contributed by atoms with Crippen LogP contribution < -0.4 is 10.6 Å². The van der Waals surface area contributed by atoms with Crippen molar-refractivity contribution in [2.75, 3.05) is 10.6 Å². The van der Waals surface area contributed by atoms with Crippen molar-refractivity contribution in [3.8, 4) is 11.3 Å². The van der Waals surface area contributed by atoms with Crippen LogP contribution in [0.2, 0.25) is 0 Å². The summed E-state index contributed by atoms with van der Waals surface area (Å²) in [6.07, 6.45) is 4.50. The molecule has 0 aliphatic heterocycles. The summed E-state index contributed by atoms with van der Waals surface area (Å²) in [6, 6.07) is 4.17. The average molecular weight is 371 g/mol. The number of halogens is 1. The zero-order valence-electron chi connectivity index (χ0n) is 15.0. The number of benzene rings is 1. The smallest absolute Gasteiger partial charge is 0.412 e. The van der Waals surface area contributed by atoms with Gasteiger partial charge in [-0.1, -0.05) is 0 Å². The molecule has 0 aliphatic carbocycles. The number of nitrogens with zero attached hydrogens (tertiary/aromatic N) is 3. The van der Waals surface area contributed by atoms with E-state index in [1.54, 1.807) is 37.6 Å². The van der Waals surface area contributed by atoms with E-state index in [0.717, 1.165) is 0 Å². The molecule has 0 unspecified atom stereocenters. The summed E-state index contributed by atoms with van der Waals surface area (Å²) >= 11 is 0. The Balaban J connectivity index is 1.89. The van der Waals surface area contributed by atoms with Crippen LogP contribution in [0.15, 0.2) is 36.8 Å². The van der Waals surface area contributed by atoms with E-state index in [9.17, 15) is 14.0 Å². The fourth-order valence-corrected chi connectivity index (χ4v) is 2.38. The SMILES string of the molecule is CC(C)(C)OC(=O)Nc1cnc2nc(-c3cc(NC=O)ccc3F)cn2c1. The van der Waals surface area contributed by atoms with Crippen molar-refractivity contribution in [2.24, 2.45) is 0 Å². The lowest BCUT2D eigenvalue weighted by atomic mass is 10.1. The molecule has 0 radical (unpaired) electrons. The molecule has 9 heteroatoms. The Kier molecular flexibility index (Phi) is 4.76. The number of hydrogen-bond acceptors (Lipinski definition) is 5. The summed E-state index contributed by atoms with van der Waals surface area (Å²) in [7, 11) is 0. The highest BCUT2D eigenvalue weighted by Crippen LogP contribution is 2.25. The molecule has 0 spiro atoms. The molecule has 3 aromatic rings. The van der Waals surface area contributed by atoms with Gasteiger partial charge in [0.25, 0.3) is 0 Å². The standard InChI is InChI=1S/C18H18FN5O3/c1-18(2,3)27-17(26)22-12-7-20-16-23-15(9-24(16)8-12)13-6-11(21-10-25)4-5-14(13)19/h4-10H,1-3H3,(H,21,25)(H,22,26). The van der Waals surface area contributed by atoms with Crippen LogP contribution in [0, 0.1) is 5.82 Å². The molecule has 8 nitrogen and oxygen atoms in total. The van der Waals surface area contributed by atoms with Crippen LogP contribution >= 0.6 is 0 Å². The molecule has 0 saturated heterocycles. The Morgan fingerprint density at radius 3 is 2.74 bits per heavy atom. The van der Waals surface area contributed by atoms with Crippen LogP contribution in [0.5, 0.6) is 0 Å². The molecule has 0 saturated carbocycles. The number of imidazole rings is 1. The maximum absolute atomic E-state index is 14.2. The monoisotopic (exact) mass is 371 g/mol. The van der Waals surface area contributed by atoms with Gasteiger partial charge in [-0.05, 0) is 39.0 Å². The minimum atomic E-state index is -0.623. The fourth-order valence-electron chi connectivity index (χ4n) is 2.38. The second-order valence-electron chi connectivity index (χ2n) is 6.76. The highest BCUT2D eigenvalue weighted by atomic mass is 19.1. The van der Waals surface area contributed by atoms with Crippen molar-refractivity contribution in [1.29, 1.82) is 0 Å². The number of anilines is 2. The Hall–Kier alpha value is -3.49. The Morgan fingerprint density at radius 2 is 2.04 bits per heavy atom. The predicted molar refractivity (Wildman–Crippen MR) is 97.9 cm³/mol. The Labute approximate surface area is 154 Å². The first-order valence-electron chi connectivity index (χ1n) is 8.10. The van der Waals surface area contributed by atoms with Crippen LogP contribution in [-0.4, -0.2) is 32.5 Å². The third kappa shape index (κ3) is 4.38. The second-order valence-corrected chi connectivity index (χ2v) is 6.76. The summed E-state index contributed by atoms with van der Waals surface area (Å²) < 4.78 is 20.9. The number of hydrogen-bond donors (Lipinski definition) is 2. The van der Waals surface area contributed by atoms with Gasteiger partial charge in [0.1, 0.15) is 11.4 Å². The molecule has 2 N–H and O–H groups in total. The van der Waals surface area contributed by atoms with Gasteiger partial charge in [0.05, 0.1) is 17.6 Å². The van der Waals surface area contributed by atoms with Crippen molar-refractivity contribution in [2.45, 2.75) is 26.4 Å². The molecule has 140 valence electrons. The minimum absolute atomic E-state index is 0.217. The summed E-state index contributed by atoms with van der Waals surface area (Å²) in [6.45, 7) is 5.29. The second kappa shape index (κ2) is 7.02. The first-order valence-corrected chi connectivity index (χ1v) is 8.10. The van der Waals surface area contributed by atoms with Crippen LogP contribution in [0.3, 0.4) is 0 Å². The number of carbonyl (C=O) groups is 2. The van der Waals surface area contributed by atoms with Crippen LogP contribution in [0.25, 0.3) is 17.0 Å². The number of nitrogens with one attached hydrogen (secondary N) is 2. The van der Waals surface area contributed by atoms with Gasteiger partial charge in [-0.2, -0.15) is 0 Å². The molecule has 3 rings (SSSR count). The molecular weight excluding hydrogens is 353 g/mol. The molecule has 27 heavy (non-hydrogen) atoms. The summed E-state index contributed by atoms with van der Waals surface area (Å²) in [5, 5.41) is 5.05. The highest BCUT2D eigenvalue weighted by molar-refractivity contribution is 5.84. The van der Waals surface area contributed by atoms with E-state index < -0.39 is 17.5 Å². The van der Waals surface area contributed by atoms with E-state index in [0.29, 0.717) is 29.3 Å². The van der Waals surface area contributed by atoms with Gasteiger partial charge in [0.15, 0.2) is 0 Å². The first kappa shape index (κ1) is 18.3. The molecule has 2 amide bonds. The maximum atomic E-state index is 14.2. The molecule has 0 atom stereocenters. The number of fused-ring (bicyclic) bond motifs is 1. The lowest BCUT2D eigenvalue weighted by Gasteiger charge is -2.19. The zero-order chi connectivity index (χ0) is 19.6. The number of rotatable bonds is 4. The number of ether oxygens (including phenoxy) is 1. The van der Waals surface area contributed by atoms with Crippen molar-refractivity contribution in [3.63, 3.8) is 0 Å². The third-order valence-corrected chi connectivity index (χ3v) is 3.42. The van der Waals surface area contributed by atoms with E-state index in [1.165, 1.54) is 24.4 Å². The highest BCUT2D eigenvalue weighted by Gasteiger charge is 2.17. The third-order valence-electron chi connectivity index (χ3n) is 3.42. The van der Waals surface area contributed by atoms with E-state index in [4.69, 9.17) is 4.74 Å². The molecule has 0 bridgehead atoms. The zero-order valence-corrected chi connectivity index (χ0v) is 15.0. The fraction of sp³-hybridized carbons (Fsp3) is 0.222. The van der Waals surface area contributed by atoms with Crippen LogP contribution in [0.1, 0.15) is 20.8 Å². The molecule has 0 aliphatic rings. The van der Waals surface area contributed by atoms with E-state index >= 15 is 0 Å². The van der Waals surface area contributed by atoms with Gasteiger partial charge < -0.3 is 10.1 Å². The summed E-state index contributed by atoms with van der Waals surface area (Å²) in [5.41, 5.74) is 0.774. The van der Waals surface area contributed by atoms with Crippen molar-refractivity contribution < 1.29 is 18.7 Å². The molecule has 1 aromatic carbocycles. The normalized spacial score (nSPS) is 11.3.